The van der Waals surface area contributed by atoms with E-state index < -0.39 is 45.3 Å². The molecule has 5 unspecified atom stereocenters. The topological polar surface area (TPSA) is 117 Å². The number of nitrogens with one attached hydrogen (secondary N) is 1. The molecule has 3 fully saturated rings. The summed E-state index contributed by atoms with van der Waals surface area (Å²) in [6.07, 6.45) is -1.64. The van der Waals surface area contributed by atoms with Crippen molar-refractivity contribution >= 4 is 22.0 Å². The second-order valence-corrected chi connectivity index (χ2v) is 8.46. The lowest BCUT2D eigenvalue weighted by Gasteiger charge is -2.29. The van der Waals surface area contributed by atoms with E-state index in [4.69, 9.17) is 18.4 Å². The summed E-state index contributed by atoms with van der Waals surface area (Å²) >= 11 is 0. The molecular weight excluding hydrogens is 354 g/mol. The summed E-state index contributed by atoms with van der Waals surface area (Å²) < 4.78 is 45.1. The van der Waals surface area contributed by atoms with Crippen LogP contribution < -0.4 is 5.32 Å². The van der Waals surface area contributed by atoms with Crippen LogP contribution >= 0.6 is 0 Å². The third-order valence-corrected chi connectivity index (χ3v) is 6.30. The second-order valence-electron chi connectivity index (χ2n) is 6.68. The summed E-state index contributed by atoms with van der Waals surface area (Å²) in [4.78, 5) is 23.0. The highest BCUT2D eigenvalue weighted by atomic mass is 32.2. The van der Waals surface area contributed by atoms with Crippen molar-refractivity contribution in [1.82, 2.24) is 5.32 Å². The second kappa shape index (κ2) is 6.35. The molecule has 0 aromatic carbocycles. The fraction of sp³-hybridized carbons (Fsp3) is 0.733. The molecular formula is C15H21NO8S. The van der Waals surface area contributed by atoms with Gasteiger partial charge in [-0.25, -0.2) is 4.79 Å². The quantitative estimate of drug-likeness (QED) is 0.268. The molecule has 1 amide bonds. The van der Waals surface area contributed by atoms with Gasteiger partial charge in [0.15, 0.2) is 0 Å². The number of ether oxygens (including phenoxy) is 3. The van der Waals surface area contributed by atoms with E-state index in [1.54, 1.807) is 13.8 Å². The molecule has 5 atom stereocenters. The third-order valence-electron chi connectivity index (χ3n) is 4.64. The molecule has 3 rings (SSSR count). The number of fused-ring (bicyclic) bond motifs is 1. The van der Waals surface area contributed by atoms with E-state index in [0.29, 0.717) is 5.57 Å². The highest BCUT2D eigenvalue weighted by molar-refractivity contribution is 7.87. The summed E-state index contributed by atoms with van der Waals surface area (Å²) in [7, 11) is -3.64. The smallest absolute Gasteiger partial charge is 0.332 e. The fourth-order valence-electron chi connectivity index (χ4n) is 3.48. The van der Waals surface area contributed by atoms with E-state index >= 15 is 0 Å². The van der Waals surface area contributed by atoms with Crippen molar-refractivity contribution in [3.8, 4) is 0 Å². The van der Waals surface area contributed by atoms with Gasteiger partial charge in [0.25, 0.3) is 10.1 Å². The van der Waals surface area contributed by atoms with Crippen LogP contribution in [0.3, 0.4) is 0 Å². The molecule has 2 bridgehead atoms. The highest BCUT2D eigenvalue weighted by Crippen LogP contribution is 2.53. The lowest BCUT2D eigenvalue weighted by Crippen LogP contribution is -2.47. The van der Waals surface area contributed by atoms with Crippen LogP contribution in [0.5, 0.6) is 0 Å². The molecule has 9 nitrogen and oxygen atoms in total. The zero-order valence-corrected chi connectivity index (χ0v) is 14.8. The van der Waals surface area contributed by atoms with Gasteiger partial charge in [-0.3, -0.25) is 8.98 Å². The minimum Gasteiger partial charge on any atom is -0.462 e. The largest absolute Gasteiger partial charge is 0.462 e. The molecule has 3 aliphatic heterocycles. The zero-order valence-electron chi connectivity index (χ0n) is 14.0. The van der Waals surface area contributed by atoms with Gasteiger partial charge in [0.2, 0.25) is 5.91 Å². The summed E-state index contributed by atoms with van der Waals surface area (Å²) in [6.45, 7) is 6.63. The standard InChI is InChI=1S/C15H21NO8S/c1-8(2)14(18)16-4-5-21-10(17)7-22-13-12-11-9(25(19,20)24-12)6-15(13,3)23-11/h9,11-13H,1,4-7H2,2-3H3,(H,16,18). The first-order valence-corrected chi connectivity index (χ1v) is 9.42. The van der Waals surface area contributed by atoms with Gasteiger partial charge in [-0.2, -0.15) is 8.42 Å². The number of hydrogen-bond acceptors (Lipinski definition) is 8. The minimum absolute atomic E-state index is 0.00133. The Bertz CT molecular complexity index is 704. The van der Waals surface area contributed by atoms with Crippen LogP contribution in [0.1, 0.15) is 20.3 Å². The van der Waals surface area contributed by atoms with Crippen molar-refractivity contribution in [3.05, 3.63) is 12.2 Å². The van der Waals surface area contributed by atoms with E-state index in [2.05, 4.69) is 11.9 Å². The molecule has 0 aromatic rings. The molecule has 3 aliphatic rings. The predicted molar refractivity (Wildman–Crippen MR) is 84.0 cm³/mol. The van der Waals surface area contributed by atoms with Gasteiger partial charge in [-0.15, -0.1) is 0 Å². The molecule has 140 valence electrons. The summed E-state index contributed by atoms with van der Waals surface area (Å²) in [5.74, 6) is -0.929. The van der Waals surface area contributed by atoms with Crippen LogP contribution in [0, 0.1) is 0 Å². The molecule has 0 saturated carbocycles. The number of rotatable bonds is 7. The maximum Gasteiger partial charge on any atom is 0.332 e. The van der Waals surface area contributed by atoms with E-state index in [-0.39, 0.29) is 32.1 Å². The zero-order chi connectivity index (χ0) is 18.4. The Morgan fingerprint density at radius 1 is 1.36 bits per heavy atom. The monoisotopic (exact) mass is 375 g/mol. The van der Waals surface area contributed by atoms with Crippen molar-refractivity contribution in [2.75, 3.05) is 19.8 Å². The van der Waals surface area contributed by atoms with Gasteiger partial charge in [-0.1, -0.05) is 6.58 Å². The highest BCUT2D eigenvalue weighted by Gasteiger charge is 2.71. The van der Waals surface area contributed by atoms with Crippen molar-refractivity contribution in [1.29, 1.82) is 0 Å². The Morgan fingerprint density at radius 3 is 2.76 bits per heavy atom. The Balaban J connectivity index is 1.44. The maximum atomic E-state index is 11.9. The van der Waals surface area contributed by atoms with Crippen molar-refractivity contribution in [2.24, 2.45) is 0 Å². The average molecular weight is 375 g/mol. The number of amides is 1. The van der Waals surface area contributed by atoms with Crippen molar-refractivity contribution in [2.45, 2.75) is 49.4 Å². The first-order chi connectivity index (χ1) is 11.6. The molecule has 0 radical (unpaired) electrons. The minimum atomic E-state index is -3.64. The van der Waals surface area contributed by atoms with Gasteiger partial charge in [0.1, 0.15) is 36.8 Å². The first kappa shape index (κ1) is 18.3. The molecule has 10 heteroatoms. The molecule has 3 saturated heterocycles. The number of carbonyl (C=O) groups excluding carboxylic acids is 2. The van der Waals surface area contributed by atoms with Gasteiger partial charge in [0, 0.05) is 12.0 Å². The molecule has 25 heavy (non-hydrogen) atoms. The van der Waals surface area contributed by atoms with Gasteiger partial charge in [0.05, 0.1) is 12.1 Å². The van der Waals surface area contributed by atoms with E-state index in [9.17, 15) is 18.0 Å². The van der Waals surface area contributed by atoms with Crippen LogP contribution in [-0.4, -0.2) is 69.2 Å². The Morgan fingerprint density at radius 2 is 2.08 bits per heavy atom. The predicted octanol–water partition coefficient (Wildman–Crippen LogP) is -0.734. The lowest BCUT2D eigenvalue weighted by atomic mass is 9.85. The van der Waals surface area contributed by atoms with Crippen LogP contribution in [0.2, 0.25) is 0 Å². The number of carbonyl (C=O) groups is 2. The van der Waals surface area contributed by atoms with Crippen LogP contribution in [0.4, 0.5) is 0 Å². The maximum absolute atomic E-state index is 11.9. The Hall–Kier alpha value is -1.49. The summed E-state index contributed by atoms with van der Waals surface area (Å²) in [5.41, 5.74) is -0.428. The lowest BCUT2D eigenvalue weighted by molar-refractivity contribution is -0.156. The van der Waals surface area contributed by atoms with Crippen molar-refractivity contribution < 1.29 is 36.4 Å². The normalized spacial score (nSPS) is 37.0. The van der Waals surface area contributed by atoms with E-state index in [1.165, 1.54) is 0 Å². The SMILES string of the molecule is C=C(C)C(=O)NCCOC(=O)COC1C2OS(=O)(=O)C3CC1(C)OC23. The van der Waals surface area contributed by atoms with E-state index in [0.717, 1.165) is 0 Å². The molecule has 0 aromatic heterocycles. The summed E-state index contributed by atoms with van der Waals surface area (Å²) in [6, 6.07) is 0. The fourth-order valence-corrected chi connectivity index (χ4v) is 5.22. The Labute approximate surface area is 145 Å². The van der Waals surface area contributed by atoms with Gasteiger partial charge < -0.3 is 19.5 Å². The molecule has 0 aliphatic carbocycles. The number of esters is 1. The van der Waals surface area contributed by atoms with Gasteiger partial charge >= 0.3 is 5.97 Å². The average Bonchev–Trinajstić information content (AvgIpc) is 3.05. The molecule has 1 N–H and O–H groups in total. The first-order valence-electron chi connectivity index (χ1n) is 7.95. The van der Waals surface area contributed by atoms with Crippen LogP contribution in [-0.2, 0) is 38.1 Å². The van der Waals surface area contributed by atoms with Gasteiger partial charge in [-0.05, 0) is 13.8 Å². The Kier molecular flexibility index (Phi) is 4.65. The van der Waals surface area contributed by atoms with Crippen LogP contribution in [0.15, 0.2) is 12.2 Å². The number of hydrogen-bond donors (Lipinski definition) is 1. The third kappa shape index (κ3) is 3.31. The molecule has 0 spiro atoms. The van der Waals surface area contributed by atoms with Crippen LogP contribution in [0.25, 0.3) is 0 Å². The summed E-state index contributed by atoms with van der Waals surface area (Å²) in [5, 5.41) is 1.87. The molecule has 3 heterocycles. The van der Waals surface area contributed by atoms with Crippen molar-refractivity contribution in [3.63, 3.8) is 0 Å². The van der Waals surface area contributed by atoms with E-state index in [1.807, 2.05) is 0 Å².